The van der Waals surface area contributed by atoms with Gasteiger partial charge in [-0.15, -0.1) is 0 Å². The van der Waals surface area contributed by atoms with E-state index in [1.54, 1.807) is 13.2 Å². The van der Waals surface area contributed by atoms with Crippen LogP contribution in [0.2, 0.25) is 0 Å². The molecule has 1 atom stereocenters. The SMILES string of the molecule is COc1cc(NCC2(OC)CCOC2)c(N)cc1F. The van der Waals surface area contributed by atoms with E-state index in [1.807, 2.05) is 0 Å². The van der Waals surface area contributed by atoms with Crippen molar-refractivity contribution in [1.82, 2.24) is 0 Å². The highest BCUT2D eigenvalue weighted by Gasteiger charge is 2.34. The topological polar surface area (TPSA) is 65.7 Å². The number of methoxy groups -OCH3 is 2. The molecule has 1 aromatic carbocycles. The number of nitrogens with one attached hydrogen (secondary N) is 1. The molecule has 0 spiro atoms. The van der Waals surface area contributed by atoms with Gasteiger partial charge in [-0.25, -0.2) is 4.39 Å². The summed E-state index contributed by atoms with van der Waals surface area (Å²) in [4.78, 5) is 0. The second-order valence-corrected chi connectivity index (χ2v) is 4.62. The van der Waals surface area contributed by atoms with Crippen molar-refractivity contribution in [3.8, 4) is 5.75 Å². The van der Waals surface area contributed by atoms with Gasteiger partial charge >= 0.3 is 0 Å². The molecule has 0 saturated carbocycles. The predicted octanol–water partition coefficient (Wildman–Crippen LogP) is 1.63. The summed E-state index contributed by atoms with van der Waals surface area (Å²) in [7, 11) is 3.07. The molecule has 1 fully saturated rings. The molecule has 106 valence electrons. The van der Waals surface area contributed by atoms with Crippen molar-refractivity contribution in [3.63, 3.8) is 0 Å². The van der Waals surface area contributed by atoms with E-state index in [1.165, 1.54) is 13.2 Å². The highest BCUT2D eigenvalue weighted by molar-refractivity contribution is 5.68. The summed E-state index contributed by atoms with van der Waals surface area (Å²) in [6, 6.07) is 2.79. The zero-order chi connectivity index (χ0) is 13.9. The average Bonchev–Trinajstić information content (AvgIpc) is 2.87. The molecule has 1 aliphatic heterocycles. The molecule has 6 heteroatoms. The molecule has 1 unspecified atom stereocenters. The lowest BCUT2D eigenvalue weighted by Gasteiger charge is -2.27. The van der Waals surface area contributed by atoms with Gasteiger partial charge in [0.2, 0.25) is 0 Å². The van der Waals surface area contributed by atoms with E-state index in [2.05, 4.69) is 5.32 Å². The van der Waals surface area contributed by atoms with Gasteiger partial charge in [-0.3, -0.25) is 0 Å². The van der Waals surface area contributed by atoms with Crippen LogP contribution in [-0.4, -0.2) is 39.6 Å². The normalized spacial score (nSPS) is 22.5. The van der Waals surface area contributed by atoms with Crippen molar-refractivity contribution in [2.24, 2.45) is 0 Å². The Kier molecular flexibility index (Phi) is 4.11. The Morgan fingerprint density at radius 1 is 1.47 bits per heavy atom. The van der Waals surface area contributed by atoms with Gasteiger partial charge in [0.05, 0.1) is 25.1 Å². The Morgan fingerprint density at radius 2 is 2.26 bits per heavy atom. The fourth-order valence-corrected chi connectivity index (χ4v) is 2.10. The molecular formula is C13H19FN2O3. The van der Waals surface area contributed by atoms with Gasteiger partial charge in [-0.05, 0) is 0 Å². The fourth-order valence-electron chi connectivity index (χ4n) is 2.10. The third-order valence-electron chi connectivity index (χ3n) is 3.43. The summed E-state index contributed by atoms with van der Waals surface area (Å²) >= 11 is 0. The molecule has 2 rings (SSSR count). The Balaban J connectivity index is 2.10. The van der Waals surface area contributed by atoms with Crippen molar-refractivity contribution >= 4 is 11.4 Å². The van der Waals surface area contributed by atoms with Crippen molar-refractivity contribution in [1.29, 1.82) is 0 Å². The number of anilines is 2. The molecule has 3 N–H and O–H groups in total. The summed E-state index contributed by atoms with van der Waals surface area (Å²) < 4.78 is 29.2. The molecule has 5 nitrogen and oxygen atoms in total. The zero-order valence-corrected chi connectivity index (χ0v) is 11.2. The molecular weight excluding hydrogens is 251 g/mol. The number of halogens is 1. The van der Waals surface area contributed by atoms with E-state index in [0.29, 0.717) is 31.1 Å². The van der Waals surface area contributed by atoms with E-state index in [-0.39, 0.29) is 11.4 Å². The smallest absolute Gasteiger partial charge is 0.167 e. The Bertz CT molecular complexity index is 448. The van der Waals surface area contributed by atoms with E-state index < -0.39 is 5.82 Å². The minimum absolute atomic E-state index is 0.158. The molecule has 0 aliphatic carbocycles. The first-order valence-corrected chi connectivity index (χ1v) is 6.10. The first-order valence-electron chi connectivity index (χ1n) is 6.10. The third kappa shape index (κ3) is 2.90. The summed E-state index contributed by atoms with van der Waals surface area (Å²) in [5.74, 6) is -0.318. The molecule has 19 heavy (non-hydrogen) atoms. The van der Waals surface area contributed by atoms with Crippen molar-refractivity contribution in [2.45, 2.75) is 12.0 Å². The van der Waals surface area contributed by atoms with E-state index >= 15 is 0 Å². The van der Waals surface area contributed by atoms with Crippen LogP contribution in [0, 0.1) is 5.82 Å². The molecule has 1 aromatic rings. The highest BCUT2D eigenvalue weighted by Crippen LogP contribution is 2.30. The number of hydrogen-bond acceptors (Lipinski definition) is 5. The summed E-state index contributed by atoms with van der Waals surface area (Å²) in [5.41, 5.74) is 6.39. The first-order chi connectivity index (χ1) is 9.10. The summed E-state index contributed by atoms with van der Waals surface area (Å²) in [6.07, 6.45) is 0.814. The molecule has 0 amide bonds. The van der Waals surface area contributed by atoms with Crippen LogP contribution in [0.4, 0.5) is 15.8 Å². The largest absolute Gasteiger partial charge is 0.494 e. The highest BCUT2D eigenvalue weighted by atomic mass is 19.1. The first kappa shape index (κ1) is 13.9. The second-order valence-electron chi connectivity index (χ2n) is 4.62. The van der Waals surface area contributed by atoms with Gasteiger partial charge < -0.3 is 25.3 Å². The molecule has 0 radical (unpaired) electrons. The molecule has 0 bridgehead atoms. The Hall–Kier alpha value is -1.53. The van der Waals surface area contributed by atoms with Crippen LogP contribution < -0.4 is 15.8 Å². The van der Waals surface area contributed by atoms with Gasteiger partial charge in [0.1, 0.15) is 5.60 Å². The number of nitrogens with two attached hydrogens (primary N) is 1. The molecule has 0 aromatic heterocycles. The van der Waals surface area contributed by atoms with E-state index in [9.17, 15) is 4.39 Å². The van der Waals surface area contributed by atoms with Crippen LogP contribution in [0.3, 0.4) is 0 Å². The third-order valence-corrected chi connectivity index (χ3v) is 3.43. The van der Waals surface area contributed by atoms with Gasteiger partial charge in [0, 0.05) is 38.8 Å². The van der Waals surface area contributed by atoms with Gasteiger partial charge in [-0.1, -0.05) is 0 Å². The number of rotatable bonds is 5. The quantitative estimate of drug-likeness (QED) is 0.796. The maximum absolute atomic E-state index is 13.4. The van der Waals surface area contributed by atoms with Crippen molar-refractivity contribution in [2.75, 3.05) is 45.0 Å². The van der Waals surface area contributed by atoms with Crippen LogP contribution in [0.5, 0.6) is 5.75 Å². The molecule has 1 heterocycles. The van der Waals surface area contributed by atoms with Gasteiger partial charge in [0.25, 0.3) is 0 Å². The Morgan fingerprint density at radius 3 is 2.84 bits per heavy atom. The molecule has 1 aliphatic rings. The van der Waals surface area contributed by atoms with E-state index in [4.69, 9.17) is 19.9 Å². The average molecular weight is 270 g/mol. The summed E-state index contributed by atoms with van der Waals surface area (Å²) in [6.45, 7) is 1.76. The predicted molar refractivity (Wildman–Crippen MR) is 71.0 cm³/mol. The minimum Gasteiger partial charge on any atom is -0.494 e. The second kappa shape index (κ2) is 5.63. The monoisotopic (exact) mass is 270 g/mol. The number of nitrogen functional groups attached to an aromatic ring is 1. The van der Waals surface area contributed by atoms with Gasteiger partial charge in [0.15, 0.2) is 11.6 Å². The Labute approximate surface area is 111 Å². The standard InChI is InChI=1S/C13H19FN2O3/c1-17-12-6-11(10(15)5-9(12)14)16-7-13(18-2)3-4-19-8-13/h5-6,16H,3-4,7-8,15H2,1-2H3. The maximum Gasteiger partial charge on any atom is 0.167 e. The lowest BCUT2D eigenvalue weighted by Crippen LogP contribution is -2.39. The zero-order valence-electron chi connectivity index (χ0n) is 11.2. The van der Waals surface area contributed by atoms with Crippen LogP contribution in [0.15, 0.2) is 12.1 Å². The lowest BCUT2D eigenvalue weighted by molar-refractivity contribution is -0.00619. The minimum atomic E-state index is -0.476. The maximum atomic E-state index is 13.4. The van der Waals surface area contributed by atoms with Crippen LogP contribution in [0.1, 0.15) is 6.42 Å². The fraction of sp³-hybridized carbons (Fsp3) is 0.538. The molecule has 1 saturated heterocycles. The lowest BCUT2D eigenvalue weighted by atomic mass is 10.0. The number of benzene rings is 1. The number of hydrogen-bond donors (Lipinski definition) is 2. The van der Waals surface area contributed by atoms with Crippen LogP contribution in [0.25, 0.3) is 0 Å². The van der Waals surface area contributed by atoms with Crippen LogP contribution >= 0.6 is 0 Å². The van der Waals surface area contributed by atoms with Crippen molar-refractivity contribution in [3.05, 3.63) is 17.9 Å². The van der Waals surface area contributed by atoms with E-state index in [0.717, 1.165) is 6.42 Å². The van der Waals surface area contributed by atoms with Gasteiger partial charge in [-0.2, -0.15) is 0 Å². The van der Waals surface area contributed by atoms with Crippen molar-refractivity contribution < 1.29 is 18.6 Å². The summed E-state index contributed by atoms with van der Waals surface area (Å²) in [5, 5.41) is 3.17. The number of ether oxygens (including phenoxy) is 3. The van der Waals surface area contributed by atoms with Crippen LogP contribution in [-0.2, 0) is 9.47 Å².